The largest absolute Gasteiger partial charge is 0.367 e. The number of amides is 1. The van der Waals surface area contributed by atoms with Crippen LogP contribution in [0.4, 0.5) is 0 Å². The van der Waals surface area contributed by atoms with E-state index in [-0.39, 0.29) is 27.0 Å². The fraction of sp³-hybridized carbons (Fsp3) is 0.273. The van der Waals surface area contributed by atoms with Crippen molar-refractivity contribution in [1.82, 2.24) is 14.3 Å². The van der Waals surface area contributed by atoms with E-state index in [1.54, 1.807) is 27.8 Å². The quantitative estimate of drug-likeness (QED) is 0.438. The second-order valence-corrected chi connectivity index (χ2v) is 7.67. The van der Waals surface area contributed by atoms with Crippen molar-refractivity contribution >= 4 is 23.2 Å². The summed E-state index contributed by atoms with van der Waals surface area (Å²) in [4.78, 5) is 19.1. The fourth-order valence-corrected chi connectivity index (χ4v) is 4.06. The van der Waals surface area contributed by atoms with Crippen LogP contribution in [0.3, 0.4) is 0 Å². The standard InChI is InChI=1S/C22H21ClN5O.Mo/c23-19-10-16(11-24)13-28-14-20(26-21(19)28)22(29)27-7-5-15(6-8-27)9-17-3-1-2-4-18(17)12-25;/h1-5,10,13-15H,6-9,12,25H2;/q-1;. The van der Waals surface area contributed by atoms with Crippen LogP contribution in [0.25, 0.3) is 5.65 Å². The Morgan fingerprint density at radius 2 is 2.10 bits per heavy atom. The molecule has 8 heteroatoms. The van der Waals surface area contributed by atoms with E-state index in [0.717, 1.165) is 12.8 Å². The summed E-state index contributed by atoms with van der Waals surface area (Å²) in [5.41, 5.74) is 9.53. The average Bonchev–Trinajstić information content (AvgIpc) is 3.19. The van der Waals surface area contributed by atoms with E-state index in [0.29, 0.717) is 47.5 Å². The number of halogens is 1. The molecule has 6 nitrogen and oxygen atoms in total. The number of benzene rings is 1. The maximum absolute atomic E-state index is 12.9. The van der Waals surface area contributed by atoms with Gasteiger partial charge in [-0.15, -0.1) is 6.54 Å². The van der Waals surface area contributed by atoms with Gasteiger partial charge in [0.2, 0.25) is 0 Å². The number of hydrogen-bond donors (Lipinski definition) is 1. The first kappa shape index (κ1) is 22.5. The number of carbonyl (C=O) groups excluding carboxylic acids is 1. The molecule has 0 saturated carbocycles. The molecule has 1 unspecified atom stereocenters. The summed E-state index contributed by atoms with van der Waals surface area (Å²) in [6.07, 6.45) is 7.30. The molecule has 30 heavy (non-hydrogen) atoms. The normalized spacial score (nSPS) is 16.2. The Morgan fingerprint density at radius 1 is 1.33 bits per heavy atom. The van der Waals surface area contributed by atoms with Gasteiger partial charge in [0, 0.05) is 46.5 Å². The SMILES string of the molecule is N#Cc1cc(Cl)c2nc(C(=O)N3C[CH-]C(Cc4ccccc4CN)CC3)cn2c1.[Mo]. The van der Waals surface area contributed by atoms with Crippen molar-refractivity contribution in [3.63, 3.8) is 0 Å². The molecule has 0 bridgehead atoms. The number of piperidine rings is 1. The molecule has 2 N–H and O–H groups in total. The smallest absolute Gasteiger partial charge is 0.271 e. The van der Waals surface area contributed by atoms with Crippen LogP contribution >= 0.6 is 11.6 Å². The molecule has 3 heterocycles. The molecule has 3 aromatic rings. The summed E-state index contributed by atoms with van der Waals surface area (Å²) >= 11 is 6.19. The maximum Gasteiger partial charge on any atom is 0.271 e. The van der Waals surface area contributed by atoms with Gasteiger partial charge in [0.15, 0.2) is 5.65 Å². The van der Waals surface area contributed by atoms with Gasteiger partial charge in [-0.1, -0.05) is 48.7 Å². The number of carbonyl (C=O) groups is 1. The molecule has 0 aliphatic carbocycles. The van der Waals surface area contributed by atoms with Crippen LogP contribution < -0.4 is 5.73 Å². The van der Waals surface area contributed by atoms with Crippen molar-refractivity contribution in [2.24, 2.45) is 11.7 Å². The summed E-state index contributed by atoms with van der Waals surface area (Å²) in [5.74, 6) is 0.292. The predicted molar refractivity (Wildman–Crippen MR) is 111 cm³/mol. The molecule has 1 aliphatic heterocycles. The van der Waals surface area contributed by atoms with E-state index in [1.165, 1.54) is 11.1 Å². The Bertz CT molecular complexity index is 1100. The van der Waals surface area contributed by atoms with Gasteiger partial charge in [-0.05, 0) is 17.2 Å². The number of fused-ring (bicyclic) bond motifs is 1. The Labute approximate surface area is 194 Å². The average molecular weight is 503 g/mol. The number of pyridine rings is 1. The molecule has 1 saturated heterocycles. The first-order valence-electron chi connectivity index (χ1n) is 9.57. The first-order chi connectivity index (χ1) is 14.1. The Morgan fingerprint density at radius 3 is 2.77 bits per heavy atom. The minimum atomic E-state index is -0.125. The number of aromatic nitrogens is 2. The van der Waals surface area contributed by atoms with Crippen molar-refractivity contribution < 1.29 is 25.9 Å². The first-order valence-corrected chi connectivity index (χ1v) is 9.94. The van der Waals surface area contributed by atoms with E-state index < -0.39 is 0 Å². The number of nitrogens with two attached hydrogens (primary N) is 1. The van der Waals surface area contributed by atoms with Crippen molar-refractivity contribution in [2.45, 2.75) is 19.4 Å². The molecule has 0 radical (unpaired) electrons. The van der Waals surface area contributed by atoms with Crippen molar-refractivity contribution in [2.75, 3.05) is 13.1 Å². The number of likely N-dealkylation sites (tertiary alicyclic amines) is 1. The van der Waals surface area contributed by atoms with Crippen LogP contribution in [0.2, 0.25) is 5.02 Å². The molecular weight excluding hydrogens is 482 g/mol. The molecule has 154 valence electrons. The third-order valence-electron chi connectivity index (χ3n) is 5.39. The summed E-state index contributed by atoms with van der Waals surface area (Å²) in [5, 5.41) is 9.43. The molecule has 1 aliphatic rings. The van der Waals surface area contributed by atoms with E-state index in [9.17, 15) is 4.79 Å². The Balaban J connectivity index is 0.00000256. The second-order valence-electron chi connectivity index (χ2n) is 7.26. The van der Waals surface area contributed by atoms with E-state index in [2.05, 4.69) is 29.6 Å². The summed E-state index contributed by atoms with van der Waals surface area (Å²) in [6, 6.07) is 11.9. The van der Waals surface area contributed by atoms with Gasteiger partial charge in [-0.25, -0.2) is 4.98 Å². The monoisotopic (exact) mass is 504 g/mol. The minimum absolute atomic E-state index is 0. The molecule has 1 amide bonds. The van der Waals surface area contributed by atoms with Crippen LogP contribution in [0.5, 0.6) is 0 Å². The van der Waals surface area contributed by atoms with E-state index in [1.807, 2.05) is 12.1 Å². The maximum atomic E-state index is 12.9. The third kappa shape index (κ3) is 4.59. The van der Waals surface area contributed by atoms with Gasteiger partial charge in [-0.3, -0.25) is 4.79 Å². The predicted octanol–water partition coefficient (Wildman–Crippen LogP) is 3.22. The van der Waals surface area contributed by atoms with Crippen molar-refractivity contribution in [1.29, 1.82) is 5.26 Å². The van der Waals surface area contributed by atoms with Gasteiger partial charge in [-0.2, -0.15) is 11.2 Å². The van der Waals surface area contributed by atoms with E-state index in [4.69, 9.17) is 22.6 Å². The summed E-state index contributed by atoms with van der Waals surface area (Å²) < 4.78 is 1.63. The van der Waals surface area contributed by atoms with Crippen LogP contribution in [0.1, 0.15) is 33.6 Å². The number of rotatable bonds is 4. The number of hydrogen-bond acceptors (Lipinski definition) is 4. The summed E-state index contributed by atoms with van der Waals surface area (Å²) in [6.45, 7) is 1.80. The number of imidazole rings is 1. The van der Waals surface area contributed by atoms with Crippen molar-refractivity contribution in [3.05, 3.63) is 76.6 Å². The van der Waals surface area contributed by atoms with Gasteiger partial charge >= 0.3 is 0 Å². The van der Waals surface area contributed by atoms with Crippen LogP contribution in [0.15, 0.2) is 42.7 Å². The fourth-order valence-electron chi connectivity index (χ4n) is 3.80. The zero-order chi connectivity index (χ0) is 20.4. The molecular formula is C22H21ClMoN5O-. The Hall–Kier alpha value is -2.19. The second kappa shape index (κ2) is 9.74. The third-order valence-corrected chi connectivity index (χ3v) is 5.67. The summed E-state index contributed by atoms with van der Waals surface area (Å²) in [7, 11) is 0. The van der Waals surface area contributed by atoms with Gasteiger partial charge < -0.3 is 21.5 Å². The van der Waals surface area contributed by atoms with Gasteiger partial charge in [0.05, 0.1) is 10.6 Å². The molecule has 1 fully saturated rings. The zero-order valence-electron chi connectivity index (χ0n) is 16.3. The van der Waals surface area contributed by atoms with Crippen LogP contribution in [0, 0.1) is 23.7 Å². The van der Waals surface area contributed by atoms with E-state index >= 15 is 0 Å². The van der Waals surface area contributed by atoms with Gasteiger partial charge in [0.1, 0.15) is 11.8 Å². The Kier molecular flexibility index (Phi) is 7.31. The molecule has 2 aromatic heterocycles. The minimum Gasteiger partial charge on any atom is -0.367 e. The van der Waals surface area contributed by atoms with Crippen molar-refractivity contribution in [3.8, 4) is 6.07 Å². The topological polar surface area (TPSA) is 87.4 Å². The molecule has 1 aromatic carbocycles. The molecule has 0 spiro atoms. The van der Waals surface area contributed by atoms with Crippen LogP contribution in [-0.2, 0) is 34.0 Å². The number of nitriles is 1. The molecule has 1 atom stereocenters. The van der Waals surface area contributed by atoms with Crippen LogP contribution in [-0.4, -0.2) is 33.3 Å². The zero-order valence-corrected chi connectivity index (χ0v) is 19.1. The molecule has 4 rings (SSSR count). The van der Waals surface area contributed by atoms with Gasteiger partial charge in [0.25, 0.3) is 5.91 Å². The number of nitrogens with zero attached hydrogens (tertiary/aromatic N) is 4.